The normalized spacial score (nSPS) is 41.0. The average molecular weight is 335 g/mol. The molecule has 3 rings (SSSR count). The number of rotatable bonds is 0. The Kier molecular flexibility index (Phi) is 4.30. The van der Waals surface area contributed by atoms with Crippen molar-refractivity contribution >= 4 is 11.9 Å². The minimum absolute atomic E-state index is 0.0494. The fraction of sp³-hybridized carbons (Fsp3) is 0.667. The summed E-state index contributed by atoms with van der Waals surface area (Å²) in [4.78, 5) is 27.1. The van der Waals surface area contributed by atoms with Crippen LogP contribution in [-0.2, 0) is 19.1 Å². The Hall–Kier alpha value is -1.66. The van der Waals surface area contributed by atoms with Crippen LogP contribution in [0.15, 0.2) is 23.8 Å². The van der Waals surface area contributed by atoms with E-state index in [1.54, 1.807) is 13.8 Å². The number of aliphatic hydroxyl groups is 1. The highest BCUT2D eigenvalue weighted by molar-refractivity contribution is 5.89. The number of nitrogens with zero attached hydrogens (tertiary/aromatic N) is 1. The number of carbonyl (C=O) groups is 2. The van der Waals surface area contributed by atoms with E-state index in [9.17, 15) is 14.7 Å². The Balaban J connectivity index is 1.92. The predicted molar refractivity (Wildman–Crippen MR) is 87.0 cm³/mol. The monoisotopic (exact) mass is 335 g/mol. The van der Waals surface area contributed by atoms with Gasteiger partial charge in [-0.05, 0) is 24.8 Å². The van der Waals surface area contributed by atoms with Gasteiger partial charge < -0.3 is 14.6 Å². The van der Waals surface area contributed by atoms with Crippen LogP contribution < -0.4 is 0 Å². The van der Waals surface area contributed by atoms with Crippen LogP contribution in [0.3, 0.4) is 0 Å². The lowest BCUT2D eigenvalue weighted by Gasteiger charge is -2.34. The SMILES string of the molecule is C=C1C(=O)O[C@@H]2CCN3CC=C(COC(=O)[C@](C)(O)[C@H](C)[C@H]1C)[C@H]23. The fourth-order valence-electron chi connectivity index (χ4n) is 3.79. The molecule has 3 aliphatic heterocycles. The predicted octanol–water partition coefficient (Wildman–Crippen LogP) is 1.05. The minimum Gasteiger partial charge on any atom is -0.459 e. The summed E-state index contributed by atoms with van der Waals surface area (Å²) < 4.78 is 11.1. The summed E-state index contributed by atoms with van der Waals surface area (Å²) in [6.07, 6.45) is 2.53. The van der Waals surface area contributed by atoms with E-state index in [4.69, 9.17) is 9.47 Å². The zero-order valence-electron chi connectivity index (χ0n) is 14.4. The molecule has 5 atom stereocenters. The van der Waals surface area contributed by atoms with Gasteiger partial charge in [-0.15, -0.1) is 0 Å². The first-order valence-corrected chi connectivity index (χ1v) is 8.45. The molecule has 1 N–H and O–H groups in total. The van der Waals surface area contributed by atoms with Crippen molar-refractivity contribution in [3.8, 4) is 0 Å². The first-order chi connectivity index (χ1) is 11.2. The van der Waals surface area contributed by atoms with Crippen LogP contribution in [0.1, 0.15) is 27.2 Å². The topological polar surface area (TPSA) is 76.1 Å². The molecule has 0 aliphatic carbocycles. The van der Waals surface area contributed by atoms with Gasteiger partial charge in [0.05, 0.1) is 6.04 Å². The van der Waals surface area contributed by atoms with Gasteiger partial charge in [0, 0.05) is 24.6 Å². The first-order valence-electron chi connectivity index (χ1n) is 8.45. The van der Waals surface area contributed by atoms with Gasteiger partial charge in [-0.2, -0.15) is 0 Å². The second-order valence-electron chi connectivity index (χ2n) is 7.28. The third kappa shape index (κ3) is 2.67. The van der Waals surface area contributed by atoms with E-state index in [1.165, 1.54) is 6.92 Å². The Morgan fingerprint density at radius 3 is 2.79 bits per heavy atom. The van der Waals surface area contributed by atoms with Crippen molar-refractivity contribution in [2.45, 2.75) is 44.9 Å². The third-order valence-electron chi connectivity index (χ3n) is 5.90. The highest BCUT2D eigenvalue weighted by atomic mass is 16.6. The van der Waals surface area contributed by atoms with Crippen LogP contribution in [-0.4, -0.2) is 59.4 Å². The van der Waals surface area contributed by atoms with E-state index in [2.05, 4.69) is 11.5 Å². The summed E-state index contributed by atoms with van der Waals surface area (Å²) in [5.41, 5.74) is -0.491. The zero-order chi connectivity index (χ0) is 17.6. The van der Waals surface area contributed by atoms with Crippen LogP contribution in [0, 0.1) is 11.8 Å². The molecule has 3 heterocycles. The van der Waals surface area contributed by atoms with Crippen molar-refractivity contribution < 1.29 is 24.2 Å². The molecule has 0 saturated carbocycles. The molecule has 6 nitrogen and oxygen atoms in total. The quantitative estimate of drug-likeness (QED) is 0.405. The maximum Gasteiger partial charge on any atom is 0.338 e. The minimum atomic E-state index is -1.70. The molecule has 3 aliphatic rings. The van der Waals surface area contributed by atoms with Crippen LogP contribution in [0.25, 0.3) is 0 Å². The van der Waals surface area contributed by atoms with Crippen molar-refractivity contribution in [1.82, 2.24) is 4.90 Å². The van der Waals surface area contributed by atoms with Crippen molar-refractivity contribution in [3.63, 3.8) is 0 Å². The standard InChI is InChI=1S/C18H25NO5/c1-10-11(2)16(20)24-14-6-8-19-7-5-13(15(14)19)9-23-17(21)18(4,22)12(10)3/h5,10,12,14-15,22H,2,6-9H2,1,3-4H3/t10-,12+,14+,15+,18+/m0/s1. The molecule has 2 fully saturated rings. The summed E-state index contributed by atoms with van der Waals surface area (Å²) >= 11 is 0. The van der Waals surface area contributed by atoms with Crippen LogP contribution in [0.5, 0.6) is 0 Å². The third-order valence-corrected chi connectivity index (χ3v) is 5.90. The number of carbonyl (C=O) groups excluding carboxylic acids is 2. The van der Waals surface area contributed by atoms with E-state index in [1.807, 2.05) is 6.08 Å². The lowest BCUT2D eigenvalue weighted by Crippen LogP contribution is -2.47. The molecular weight excluding hydrogens is 310 g/mol. The molecule has 0 radical (unpaired) electrons. The Labute approximate surface area is 142 Å². The van der Waals surface area contributed by atoms with Gasteiger partial charge in [0.15, 0.2) is 5.60 Å². The van der Waals surface area contributed by atoms with E-state index < -0.39 is 29.4 Å². The molecule has 0 aromatic carbocycles. The largest absolute Gasteiger partial charge is 0.459 e. The lowest BCUT2D eigenvalue weighted by molar-refractivity contribution is -0.170. The number of hydrogen-bond acceptors (Lipinski definition) is 6. The Bertz CT molecular complexity index is 609. The Morgan fingerprint density at radius 1 is 1.38 bits per heavy atom. The highest BCUT2D eigenvalue weighted by Gasteiger charge is 2.46. The van der Waals surface area contributed by atoms with Gasteiger partial charge >= 0.3 is 11.9 Å². The van der Waals surface area contributed by atoms with Gasteiger partial charge in [0.2, 0.25) is 0 Å². The summed E-state index contributed by atoms with van der Waals surface area (Å²) in [6.45, 7) is 10.5. The summed E-state index contributed by atoms with van der Waals surface area (Å²) in [7, 11) is 0. The summed E-state index contributed by atoms with van der Waals surface area (Å²) in [5, 5.41) is 10.6. The Morgan fingerprint density at radius 2 is 2.08 bits per heavy atom. The van der Waals surface area contributed by atoms with Gasteiger partial charge in [0.1, 0.15) is 12.7 Å². The van der Waals surface area contributed by atoms with Crippen molar-refractivity contribution in [2.75, 3.05) is 19.7 Å². The second kappa shape index (κ2) is 6.01. The zero-order valence-corrected chi connectivity index (χ0v) is 14.4. The average Bonchev–Trinajstić information content (AvgIpc) is 3.12. The molecule has 132 valence electrons. The molecule has 24 heavy (non-hydrogen) atoms. The van der Waals surface area contributed by atoms with E-state index in [0.717, 1.165) is 25.1 Å². The van der Waals surface area contributed by atoms with Gasteiger partial charge in [-0.3, -0.25) is 4.90 Å². The molecule has 0 aromatic heterocycles. The van der Waals surface area contributed by atoms with E-state index in [0.29, 0.717) is 0 Å². The smallest absolute Gasteiger partial charge is 0.338 e. The molecule has 0 aromatic rings. The maximum absolute atomic E-state index is 12.5. The van der Waals surface area contributed by atoms with Crippen molar-refractivity contribution in [3.05, 3.63) is 23.8 Å². The number of cyclic esters (lactones) is 1. The maximum atomic E-state index is 12.5. The summed E-state index contributed by atoms with van der Waals surface area (Å²) in [6, 6.07) is -0.0494. The van der Waals surface area contributed by atoms with Gasteiger partial charge in [0.25, 0.3) is 0 Å². The number of ether oxygens (including phenoxy) is 2. The van der Waals surface area contributed by atoms with Crippen LogP contribution in [0.4, 0.5) is 0 Å². The molecular formula is C18H25NO5. The fourth-order valence-corrected chi connectivity index (χ4v) is 3.79. The van der Waals surface area contributed by atoms with Gasteiger partial charge in [-0.1, -0.05) is 26.5 Å². The molecule has 6 heteroatoms. The molecule has 2 saturated heterocycles. The van der Waals surface area contributed by atoms with Gasteiger partial charge in [-0.25, -0.2) is 9.59 Å². The first kappa shape index (κ1) is 17.2. The lowest BCUT2D eigenvalue weighted by atomic mass is 9.78. The van der Waals surface area contributed by atoms with Crippen LogP contribution >= 0.6 is 0 Å². The molecule has 0 bridgehead atoms. The molecule has 0 amide bonds. The van der Waals surface area contributed by atoms with Crippen molar-refractivity contribution in [1.29, 1.82) is 0 Å². The summed E-state index contributed by atoms with van der Waals surface area (Å²) in [5.74, 6) is -2.05. The second-order valence-corrected chi connectivity index (χ2v) is 7.28. The van der Waals surface area contributed by atoms with Crippen LogP contribution in [0.2, 0.25) is 0 Å². The van der Waals surface area contributed by atoms with Crippen molar-refractivity contribution in [2.24, 2.45) is 11.8 Å². The number of hydrogen-bond donors (Lipinski definition) is 1. The van der Waals surface area contributed by atoms with E-state index in [-0.39, 0.29) is 24.3 Å². The van der Waals surface area contributed by atoms with E-state index >= 15 is 0 Å². The molecule has 0 unspecified atom stereocenters. The molecule has 0 spiro atoms. The highest BCUT2D eigenvalue weighted by Crippen LogP contribution is 2.35. The number of esters is 2.